The van der Waals surface area contributed by atoms with Crippen LogP contribution in [-0.4, -0.2) is 6.29 Å². The second-order valence-electron chi connectivity index (χ2n) is 2.90. The molecule has 2 aromatic rings. The molecule has 3 nitrogen and oxygen atoms in total. The third-order valence-corrected chi connectivity index (χ3v) is 2.58. The topological polar surface area (TPSA) is 47.3 Å². The molecule has 0 aliphatic rings. The van der Waals surface area contributed by atoms with E-state index in [1.165, 1.54) is 6.07 Å². The molecule has 2 rings (SSSR count). The van der Waals surface area contributed by atoms with Crippen molar-refractivity contribution in [1.82, 2.24) is 0 Å². The number of aldehydes is 1. The molecule has 5 heteroatoms. The average molecular weight is 271 g/mol. The Kier molecular flexibility index (Phi) is 2.40. The lowest BCUT2D eigenvalue weighted by Gasteiger charge is -1.99. The first-order chi connectivity index (χ1) is 7.13. The van der Waals surface area contributed by atoms with E-state index >= 15 is 0 Å². The average Bonchev–Trinajstić information content (AvgIpc) is 2.22. The Morgan fingerprint density at radius 3 is 2.80 bits per heavy atom. The van der Waals surface area contributed by atoms with Crippen molar-refractivity contribution in [1.29, 1.82) is 0 Å². The highest BCUT2D eigenvalue weighted by atomic mass is 79.9. The lowest BCUT2D eigenvalue weighted by molar-refractivity contribution is 0.112. The van der Waals surface area contributed by atoms with Crippen LogP contribution in [0.3, 0.4) is 0 Å². The molecule has 0 N–H and O–H groups in total. The summed E-state index contributed by atoms with van der Waals surface area (Å²) >= 11 is 2.95. The van der Waals surface area contributed by atoms with Crippen LogP contribution in [0.2, 0.25) is 0 Å². The van der Waals surface area contributed by atoms with Crippen LogP contribution in [0, 0.1) is 5.82 Å². The fourth-order valence-electron chi connectivity index (χ4n) is 1.22. The van der Waals surface area contributed by atoms with Crippen molar-refractivity contribution in [2.45, 2.75) is 0 Å². The zero-order valence-electron chi connectivity index (χ0n) is 7.29. The van der Waals surface area contributed by atoms with E-state index in [1.54, 1.807) is 0 Å². The van der Waals surface area contributed by atoms with Crippen molar-refractivity contribution in [2.75, 3.05) is 0 Å². The molecule has 0 atom stereocenters. The van der Waals surface area contributed by atoms with Gasteiger partial charge in [-0.3, -0.25) is 9.59 Å². The monoisotopic (exact) mass is 270 g/mol. The van der Waals surface area contributed by atoms with Crippen LogP contribution >= 0.6 is 15.9 Å². The van der Waals surface area contributed by atoms with Gasteiger partial charge in [-0.1, -0.05) is 0 Å². The molecule has 0 aliphatic heterocycles. The number of carbonyl (C=O) groups is 1. The molecule has 0 spiro atoms. The van der Waals surface area contributed by atoms with Crippen LogP contribution in [0.4, 0.5) is 4.39 Å². The molecule has 1 aromatic heterocycles. The first-order valence-electron chi connectivity index (χ1n) is 3.99. The van der Waals surface area contributed by atoms with Crippen LogP contribution < -0.4 is 5.43 Å². The molecule has 76 valence electrons. The van der Waals surface area contributed by atoms with Gasteiger partial charge in [0.1, 0.15) is 17.7 Å². The van der Waals surface area contributed by atoms with Gasteiger partial charge in [-0.05, 0) is 22.0 Å². The Balaban J connectivity index is 2.94. The van der Waals surface area contributed by atoms with Crippen LogP contribution in [-0.2, 0) is 0 Å². The van der Waals surface area contributed by atoms with E-state index in [-0.39, 0.29) is 21.0 Å². The highest BCUT2D eigenvalue weighted by Gasteiger charge is 2.09. The third-order valence-electron chi connectivity index (χ3n) is 1.97. The molecule has 0 radical (unpaired) electrons. The van der Waals surface area contributed by atoms with Crippen LogP contribution in [0.25, 0.3) is 11.0 Å². The number of rotatable bonds is 1. The quantitative estimate of drug-likeness (QED) is 0.748. The predicted molar refractivity (Wildman–Crippen MR) is 55.5 cm³/mol. The summed E-state index contributed by atoms with van der Waals surface area (Å²) < 4.78 is 18.2. The maximum atomic E-state index is 13.1. The maximum Gasteiger partial charge on any atom is 0.203 e. The molecule has 0 bridgehead atoms. The summed E-state index contributed by atoms with van der Waals surface area (Å²) in [5, 5.41) is 0.174. The van der Waals surface area contributed by atoms with E-state index < -0.39 is 11.2 Å². The molecule has 0 aliphatic carbocycles. The number of hydrogen-bond donors (Lipinski definition) is 0. The van der Waals surface area contributed by atoms with Gasteiger partial charge in [0.2, 0.25) is 5.43 Å². The van der Waals surface area contributed by atoms with Crippen molar-refractivity contribution in [3.63, 3.8) is 0 Å². The van der Waals surface area contributed by atoms with Gasteiger partial charge in [0.15, 0.2) is 6.29 Å². The summed E-state index contributed by atoms with van der Waals surface area (Å²) in [6, 6.07) is 2.39. The number of benzene rings is 1. The molecule has 0 saturated carbocycles. The summed E-state index contributed by atoms with van der Waals surface area (Å²) in [7, 11) is 0. The second-order valence-corrected chi connectivity index (χ2v) is 3.75. The third kappa shape index (κ3) is 1.59. The predicted octanol–water partition coefficient (Wildman–Crippen LogP) is 2.51. The molecule has 0 saturated heterocycles. The van der Waals surface area contributed by atoms with E-state index in [0.717, 1.165) is 12.3 Å². The molecule has 0 unspecified atom stereocenters. The highest BCUT2D eigenvalue weighted by molar-refractivity contribution is 9.10. The van der Waals surface area contributed by atoms with Crippen LogP contribution in [0.15, 0.2) is 32.1 Å². The number of halogens is 2. The lowest BCUT2D eigenvalue weighted by atomic mass is 10.2. The molecule has 0 amide bonds. The van der Waals surface area contributed by atoms with Gasteiger partial charge in [-0.25, -0.2) is 4.39 Å². The number of carbonyl (C=O) groups excluding carboxylic acids is 1. The van der Waals surface area contributed by atoms with Crippen molar-refractivity contribution >= 4 is 33.2 Å². The number of hydrogen-bond acceptors (Lipinski definition) is 3. The van der Waals surface area contributed by atoms with Crippen molar-refractivity contribution < 1.29 is 13.6 Å². The Hall–Kier alpha value is -1.49. The Bertz CT molecular complexity index is 603. The molecular weight excluding hydrogens is 267 g/mol. The molecule has 0 fully saturated rings. The van der Waals surface area contributed by atoms with Gasteiger partial charge in [-0.2, -0.15) is 0 Å². The Morgan fingerprint density at radius 2 is 2.13 bits per heavy atom. The van der Waals surface area contributed by atoms with Gasteiger partial charge in [0, 0.05) is 6.07 Å². The van der Waals surface area contributed by atoms with Crippen molar-refractivity contribution in [3.8, 4) is 0 Å². The molecule has 15 heavy (non-hydrogen) atoms. The van der Waals surface area contributed by atoms with Gasteiger partial charge in [-0.15, -0.1) is 0 Å². The summed E-state index contributed by atoms with van der Waals surface area (Å²) in [5.74, 6) is -0.524. The number of fused-ring (bicyclic) bond motifs is 1. The van der Waals surface area contributed by atoms with E-state index in [4.69, 9.17) is 4.42 Å². The zero-order chi connectivity index (χ0) is 11.0. The lowest BCUT2D eigenvalue weighted by Crippen LogP contribution is -2.07. The van der Waals surface area contributed by atoms with E-state index in [9.17, 15) is 14.0 Å². The first kappa shape index (κ1) is 10.0. The van der Waals surface area contributed by atoms with Gasteiger partial charge < -0.3 is 4.42 Å². The highest BCUT2D eigenvalue weighted by Crippen LogP contribution is 2.21. The zero-order valence-corrected chi connectivity index (χ0v) is 8.88. The fourth-order valence-corrected chi connectivity index (χ4v) is 1.56. The fraction of sp³-hybridized carbons (Fsp3) is 0. The van der Waals surface area contributed by atoms with E-state index in [2.05, 4.69) is 15.9 Å². The molecular formula is C10H4BrFO3. The van der Waals surface area contributed by atoms with Crippen LogP contribution in [0.1, 0.15) is 10.4 Å². The first-order valence-corrected chi connectivity index (χ1v) is 4.78. The minimum Gasteiger partial charge on any atom is -0.463 e. The smallest absolute Gasteiger partial charge is 0.203 e. The minimum absolute atomic E-state index is 0.0824. The summed E-state index contributed by atoms with van der Waals surface area (Å²) in [4.78, 5) is 22.1. The van der Waals surface area contributed by atoms with Crippen LogP contribution in [0.5, 0.6) is 0 Å². The van der Waals surface area contributed by atoms with E-state index in [1.807, 2.05) is 0 Å². The standard InChI is InChI=1S/C10H4BrFO3/c11-7-1-6-9(2-8(7)12)15-4-5(3-13)10(6)14/h1-4H. The normalized spacial score (nSPS) is 10.5. The largest absolute Gasteiger partial charge is 0.463 e. The molecule has 1 aromatic carbocycles. The minimum atomic E-state index is -0.524. The Labute approximate surface area is 91.6 Å². The summed E-state index contributed by atoms with van der Waals surface area (Å²) in [6.07, 6.45) is 1.42. The summed E-state index contributed by atoms with van der Waals surface area (Å²) in [6.45, 7) is 0. The van der Waals surface area contributed by atoms with E-state index in [0.29, 0.717) is 6.29 Å². The van der Waals surface area contributed by atoms with Gasteiger partial charge in [0.25, 0.3) is 0 Å². The van der Waals surface area contributed by atoms with Gasteiger partial charge >= 0.3 is 0 Å². The van der Waals surface area contributed by atoms with Crippen molar-refractivity contribution in [2.24, 2.45) is 0 Å². The van der Waals surface area contributed by atoms with Crippen molar-refractivity contribution in [3.05, 3.63) is 44.5 Å². The second kappa shape index (κ2) is 3.58. The molecule has 1 heterocycles. The maximum absolute atomic E-state index is 13.1. The Morgan fingerprint density at radius 1 is 1.40 bits per heavy atom. The van der Waals surface area contributed by atoms with Gasteiger partial charge in [0.05, 0.1) is 15.4 Å². The SMILES string of the molecule is O=Cc1coc2cc(F)c(Br)cc2c1=O. The summed E-state index contributed by atoms with van der Waals surface area (Å²) in [5.41, 5.74) is -0.431.